The third kappa shape index (κ3) is 3.88. The molecule has 1 aliphatic heterocycles. The minimum atomic E-state index is 0.408. The van der Waals surface area contributed by atoms with E-state index in [-0.39, 0.29) is 0 Å². The predicted octanol–water partition coefficient (Wildman–Crippen LogP) is 1.80. The average molecular weight is 310 g/mol. The molecule has 2 aromatic heterocycles. The Kier molecular flexibility index (Phi) is 4.89. The zero-order chi connectivity index (χ0) is 16.1. The van der Waals surface area contributed by atoms with Crippen molar-refractivity contribution >= 4 is 5.82 Å². The van der Waals surface area contributed by atoms with Gasteiger partial charge in [-0.05, 0) is 31.9 Å². The Bertz CT molecular complexity index is 652. The molecule has 0 aromatic carbocycles. The number of nitriles is 1. The fraction of sp³-hybridized carbons (Fsp3) is 0.471. The Morgan fingerprint density at radius 2 is 2.22 bits per heavy atom. The first-order valence-electron chi connectivity index (χ1n) is 8.08. The largest absolute Gasteiger partial charge is 0.355 e. The number of hydrogen-bond acceptors (Lipinski definition) is 5. The highest BCUT2D eigenvalue weighted by atomic mass is 15.2. The third-order valence-electron chi connectivity index (χ3n) is 4.27. The zero-order valence-corrected chi connectivity index (χ0v) is 13.4. The van der Waals surface area contributed by atoms with E-state index in [1.165, 1.54) is 0 Å². The van der Waals surface area contributed by atoms with E-state index < -0.39 is 0 Å². The molecule has 2 aromatic rings. The molecular weight excluding hydrogens is 288 g/mol. The Labute approximate surface area is 136 Å². The van der Waals surface area contributed by atoms with E-state index in [0.717, 1.165) is 38.3 Å². The van der Waals surface area contributed by atoms with Crippen LogP contribution in [0.3, 0.4) is 0 Å². The Hall–Kier alpha value is -2.39. The number of aromatic nitrogens is 3. The van der Waals surface area contributed by atoms with Gasteiger partial charge < -0.3 is 14.8 Å². The second-order valence-corrected chi connectivity index (χ2v) is 6.07. The molecule has 0 radical (unpaired) electrons. The minimum Gasteiger partial charge on any atom is -0.355 e. The molecule has 1 aliphatic rings. The molecule has 1 N–H and O–H groups in total. The van der Waals surface area contributed by atoms with Gasteiger partial charge in [0.2, 0.25) is 0 Å². The zero-order valence-electron chi connectivity index (χ0n) is 13.4. The van der Waals surface area contributed by atoms with Crippen molar-refractivity contribution in [2.24, 2.45) is 0 Å². The molecule has 1 fully saturated rings. The normalized spacial score (nSPS) is 17.0. The molecule has 0 amide bonds. The van der Waals surface area contributed by atoms with Gasteiger partial charge in [-0.1, -0.05) is 0 Å². The Morgan fingerprint density at radius 1 is 1.39 bits per heavy atom. The summed E-state index contributed by atoms with van der Waals surface area (Å²) >= 11 is 0. The van der Waals surface area contributed by atoms with E-state index in [1.54, 1.807) is 6.20 Å². The van der Waals surface area contributed by atoms with E-state index in [0.29, 0.717) is 17.6 Å². The van der Waals surface area contributed by atoms with Crippen LogP contribution in [-0.2, 0) is 6.54 Å². The van der Waals surface area contributed by atoms with Crippen LogP contribution < -0.4 is 10.2 Å². The first-order valence-corrected chi connectivity index (χ1v) is 8.08. The van der Waals surface area contributed by atoms with Gasteiger partial charge in [0.25, 0.3) is 0 Å². The van der Waals surface area contributed by atoms with Gasteiger partial charge in [0, 0.05) is 50.3 Å². The molecule has 0 spiro atoms. The molecule has 0 bridgehead atoms. The maximum absolute atomic E-state index is 9.21. The van der Waals surface area contributed by atoms with Crippen molar-refractivity contribution in [2.45, 2.75) is 38.4 Å². The summed E-state index contributed by atoms with van der Waals surface area (Å²) in [5.41, 5.74) is 0.660. The van der Waals surface area contributed by atoms with Crippen LogP contribution in [0.2, 0.25) is 0 Å². The highest BCUT2D eigenvalue weighted by Crippen LogP contribution is 2.21. The van der Waals surface area contributed by atoms with E-state index in [4.69, 9.17) is 0 Å². The van der Waals surface area contributed by atoms with Crippen molar-refractivity contribution in [1.82, 2.24) is 19.9 Å². The number of imidazole rings is 1. The van der Waals surface area contributed by atoms with Gasteiger partial charge in [0.1, 0.15) is 11.9 Å². The van der Waals surface area contributed by atoms with Crippen molar-refractivity contribution in [3.8, 4) is 6.07 Å². The Balaban J connectivity index is 1.51. The monoisotopic (exact) mass is 310 g/mol. The second-order valence-electron chi connectivity index (χ2n) is 6.07. The molecule has 0 saturated carbocycles. The van der Waals surface area contributed by atoms with Gasteiger partial charge >= 0.3 is 0 Å². The summed E-state index contributed by atoms with van der Waals surface area (Å²) in [5.74, 6) is 0.819. The van der Waals surface area contributed by atoms with Crippen molar-refractivity contribution < 1.29 is 0 Å². The summed E-state index contributed by atoms with van der Waals surface area (Å²) in [6, 6.07) is 6.80. The van der Waals surface area contributed by atoms with Gasteiger partial charge in [-0.3, -0.25) is 0 Å². The third-order valence-corrected chi connectivity index (χ3v) is 4.27. The Morgan fingerprint density at radius 3 is 2.91 bits per heavy atom. The van der Waals surface area contributed by atoms with E-state index >= 15 is 0 Å². The van der Waals surface area contributed by atoms with E-state index in [1.807, 2.05) is 30.9 Å². The standard InChI is InChI=1S/C17H22N6/c1-14(12-22-10-7-19-13-22)21-16-4-8-23(9-5-16)17-15(11-18)3-2-6-20-17/h2-3,6-7,10,13-14,16,21H,4-5,8-9,12H2,1H3/t14-/m0/s1. The minimum absolute atomic E-state index is 0.408. The number of nitrogens with one attached hydrogen (secondary N) is 1. The molecule has 1 atom stereocenters. The van der Waals surface area contributed by atoms with Gasteiger partial charge in [0.15, 0.2) is 0 Å². The molecule has 1 saturated heterocycles. The summed E-state index contributed by atoms with van der Waals surface area (Å²) in [5, 5.41) is 12.9. The number of hydrogen-bond donors (Lipinski definition) is 1. The van der Waals surface area contributed by atoms with Crippen molar-refractivity contribution in [3.63, 3.8) is 0 Å². The first kappa shape index (κ1) is 15.5. The topological polar surface area (TPSA) is 69.8 Å². The fourth-order valence-corrected chi connectivity index (χ4v) is 3.16. The van der Waals surface area contributed by atoms with Crippen LogP contribution in [-0.4, -0.2) is 39.7 Å². The lowest BCUT2D eigenvalue weighted by atomic mass is 10.0. The van der Waals surface area contributed by atoms with Crippen molar-refractivity contribution in [1.29, 1.82) is 5.26 Å². The quantitative estimate of drug-likeness (QED) is 0.912. The van der Waals surface area contributed by atoms with Gasteiger partial charge in [-0.15, -0.1) is 0 Å². The molecule has 3 rings (SSSR count). The lowest BCUT2D eigenvalue weighted by Crippen LogP contribution is -2.46. The van der Waals surface area contributed by atoms with Crippen LogP contribution in [0, 0.1) is 11.3 Å². The van der Waals surface area contributed by atoms with Crippen molar-refractivity contribution in [2.75, 3.05) is 18.0 Å². The summed E-state index contributed by atoms with van der Waals surface area (Å²) in [6.07, 6.45) is 9.54. The smallest absolute Gasteiger partial charge is 0.146 e. The molecule has 120 valence electrons. The second kappa shape index (κ2) is 7.25. The van der Waals surface area contributed by atoms with Crippen LogP contribution in [0.25, 0.3) is 0 Å². The molecule has 6 heteroatoms. The fourth-order valence-electron chi connectivity index (χ4n) is 3.16. The summed E-state index contributed by atoms with van der Waals surface area (Å²) in [6.45, 7) is 5.00. The van der Waals surface area contributed by atoms with E-state index in [9.17, 15) is 5.26 Å². The van der Waals surface area contributed by atoms with Gasteiger partial charge in [-0.2, -0.15) is 5.26 Å². The number of pyridine rings is 1. The number of rotatable bonds is 5. The highest BCUT2D eigenvalue weighted by Gasteiger charge is 2.22. The highest BCUT2D eigenvalue weighted by molar-refractivity contribution is 5.53. The van der Waals surface area contributed by atoms with Crippen molar-refractivity contribution in [3.05, 3.63) is 42.6 Å². The number of nitrogens with zero attached hydrogens (tertiary/aromatic N) is 5. The molecule has 0 unspecified atom stereocenters. The summed E-state index contributed by atoms with van der Waals surface area (Å²) in [4.78, 5) is 10.7. The maximum atomic E-state index is 9.21. The van der Waals surface area contributed by atoms with Crippen LogP contribution in [0.1, 0.15) is 25.3 Å². The summed E-state index contributed by atoms with van der Waals surface area (Å²) in [7, 11) is 0. The van der Waals surface area contributed by atoms with Crippen LogP contribution in [0.4, 0.5) is 5.82 Å². The predicted molar refractivity (Wildman–Crippen MR) is 89.0 cm³/mol. The van der Waals surface area contributed by atoms with E-state index in [2.05, 4.69) is 37.7 Å². The molecule has 6 nitrogen and oxygen atoms in total. The molecule has 3 heterocycles. The molecule has 23 heavy (non-hydrogen) atoms. The van der Waals surface area contributed by atoms with Gasteiger partial charge in [0.05, 0.1) is 11.9 Å². The summed E-state index contributed by atoms with van der Waals surface area (Å²) < 4.78 is 2.10. The lowest BCUT2D eigenvalue weighted by molar-refractivity contribution is 0.355. The number of anilines is 1. The first-order chi connectivity index (χ1) is 11.3. The van der Waals surface area contributed by atoms with Crippen LogP contribution >= 0.6 is 0 Å². The number of piperidine rings is 1. The maximum Gasteiger partial charge on any atom is 0.146 e. The van der Waals surface area contributed by atoms with Crippen LogP contribution in [0.5, 0.6) is 0 Å². The van der Waals surface area contributed by atoms with Crippen LogP contribution in [0.15, 0.2) is 37.1 Å². The molecule has 0 aliphatic carbocycles. The van der Waals surface area contributed by atoms with Gasteiger partial charge in [-0.25, -0.2) is 9.97 Å². The lowest BCUT2D eigenvalue weighted by Gasteiger charge is -2.35. The average Bonchev–Trinajstić information content (AvgIpc) is 3.08. The SMILES string of the molecule is C[C@@H](Cn1ccnc1)NC1CCN(c2ncccc2C#N)CC1. The molecular formula is C17H22N6.